The molecule has 1 saturated heterocycles. The molecule has 1 N–H and O–H groups in total. The number of likely N-dealkylation sites (tertiary alicyclic amines) is 1. The second kappa shape index (κ2) is 4.90. The zero-order valence-electron chi connectivity index (χ0n) is 9.24. The number of carbonyl (C=O) groups excluding carboxylic acids is 1. The maximum absolute atomic E-state index is 12.1. The number of amides is 1. The lowest BCUT2D eigenvalue weighted by Crippen LogP contribution is -2.48. The van der Waals surface area contributed by atoms with Crippen LogP contribution in [0.2, 0.25) is 0 Å². The minimum Gasteiger partial charge on any atom is -0.480 e. The fraction of sp³-hybridized carbons (Fsp3) is 0.455. The number of carboxylic acids is 1. The molecule has 90 valence electrons. The third-order valence-corrected chi connectivity index (χ3v) is 2.85. The van der Waals surface area contributed by atoms with E-state index in [2.05, 4.69) is 9.97 Å². The molecule has 1 unspecified atom stereocenters. The maximum atomic E-state index is 12.1. The van der Waals surface area contributed by atoms with Gasteiger partial charge in [-0.1, -0.05) is 0 Å². The molecular weight excluding hydrogens is 222 g/mol. The number of hydrogen-bond acceptors (Lipinski definition) is 4. The summed E-state index contributed by atoms with van der Waals surface area (Å²) in [6.07, 6.45) is 4.93. The van der Waals surface area contributed by atoms with Crippen LogP contribution in [0.5, 0.6) is 0 Å². The average molecular weight is 235 g/mol. The molecule has 2 heterocycles. The van der Waals surface area contributed by atoms with Crippen LogP contribution in [0, 0.1) is 0 Å². The molecule has 17 heavy (non-hydrogen) atoms. The summed E-state index contributed by atoms with van der Waals surface area (Å²) in [4.78, 5) is 32.1. The van der Waals surface area contributed by atoms with Crippen molar-refractivity contribution in [3.63, 3.8) is 0 Å². The SMILES string of the molecule is O=C(O)C1CCCCN1C(=O)c1ccncn1. The molecule has 0 spiro atoms. The van der Waals surface area contributed by atoms with Crippen LogP contribution in [0.15, 0.2) is 18.6 Å². The first kappa shape index (κ1) is 11.5. The fourth-order valence-electron chi connectivity index (χ4n) is 2.00. The predicted octanol–water partition coefficient (Wildman–Crippen LogP) is 0.556. The number of carboxylic acid groups (broad SMARTS) is 1. The highest BCUT2D eigenvalue weighted by Gasteiger charge is 2.32. The van der Waals surface area contributed by atoms with Crippen LogP contribution < -0.4 is 0 Å². The summed E-state index contributed by atoms with van der Waals surface area (Å²) >= 11 is 0. The van der Waals surface area contributed by atoms with E-state index in [4.69, 9.17) is 5.11 Å². The van der Waals surface area contributed by atoms with E-state index in [1.807, 2.05) is 0 Å². The van der Waals surface area contributed by atoms with Crippen LogP contribution in [-0.2, 0) is 4.79 Å². The van der Waals surface area contributed by atoms with E-state index < -0.39 is 12.0 Å². The van der Waals surface area contributed by atoms with Gasteiger partial charge in [-0.3, -0.25) is 4.79 Å². The number of nitrogens with zero attached hydrogens (tertiary/aromatic N) is 3. The molecule has 1 fully saturated rings. The van der Waals surface area contributed by atoms with E-state index in [1.165, 1.54) is 23.5 Å². The fourth-order valence-corrected chi connectivity index (χ4v) is 2.00. The highest BCUT2D eigenvalue weighted by molar-refractivity contribution is 5.95. The second-order valence-corrected chi connectivity index (χ2v) is 3.94. The largest absolute Gasteiger partial charge is 0.480 e. The molecule has 1 aliphatic rings. The van der Waals surface area contributed by atoms with E-state index in [-0.39, 0.29) is 11.6 Å². The number of piperidine rings is 1. The van der Waals surface area contributed by atoms with Crippen LogP contribution in [0.3, 0.4) is 0 Å². The summed E-state index contributed by atoms with van der Waals surface area (Å²) in [7, 11) is 0. The Balaban J connectivity index is 2.20. The van der Waals surface area contributed by atoms with Gasteiger partial charge in [0.2, 0.25) is 0 Å². The van der Waals surface area contributed by atoms with Gasteiger partial charge in [0.1, 0.15) is 18.1 Å². The molecule has 1 aromatic rings. The lowest BCUT2D eigenvalue weighted by Gasteiger charge is -2.32. The lowest BCUT2D eigenvalue weighted by atomic mass is 10.0. The van der Waals surface area contributed by atoms with Crippen LogP contribution in [0.1, 0.15) is 29.8 Å². The number of carbonyl (C=O) groups is 2. The van der Waals surface area contributed by atoms with Gasteiger partial charge in [-0.05, 0) is 25.3 Å². The summed E-state index contributed by atoms with van der Waals surface area (Å²) in [5, 5.41) is 9.08. The number of hydrogen-bond donors (Lipinski definition) is 1. The Morgan fingerprint density at radius 1 is 1.41 bits per heavy atom. The van der Waals surface area contributed by atoms with Crippen molar-refractivity contribution in [2.75, 3.05) is 6.54 Å². The zero-order chi connectivity index (χ0) is 12.3. The van der Waals surface area contributed by atoms with E-state index in [9.17, 15) is 9.59 Å². The molecule has 0 aliphatic carbocycles. The molecule has 0 aromatic carbocycles. The molecule has 0 radical (unpaired) electrons. The minimum absolute atomic E-state index is 0.244. The molecule has 6 heteroatoms. The Labute approximate surface area is 98.3 Å². The molecule has 1 aromatic heterocycles. The summed E-state index contributed by atoms with van der Waals surface area (Å²) in [6, 6.07) is 0.766. The summed E-state index contributed by atoms with van der Waals surface area (Å²) in [6.45, 7) is 0.472. The van der Waals surface area contributed by atoms with Gasteiger partial charge >= 0.3 is 5.97 Å². The normalized spacial score (nSPS) is 20.0. The first-order valence-corrected chi connectivity index (χ1v) is 5.50. The summed E-state index contributed by atoms with van der Waals surface area (Å²) in [5.41, 5.74) is 0.244. The predicted molar refractivity (Wildman–Crippen MR) is 58.3 cm³/mol. The Morgan fingerprint density at radius 2 is 2.24 bits per heavy atom. The topological polar surface area (TPSA) is 83.4 Å². The van der Waals surface area contributed by atoms with Crippen LogP contribution in [0.25, 0.3) is 0 Å². The third-order valence-electron chi connectivity index (χ3n) is 2.85. The van der Waals surface area contributed by atoms with Gasteiger partial charge in [-0.2, -0.15) is 0 Å². The van der Waals surface area contributed by atoms with Crippen molar-refractivity contribution in [2.24, 2.45) is 0 Å². The zero-order valence-corrected chi connectivity index (χ0v) is 9.24. The molecule has 0 saturated carbocycles. The molecule has 2 rings (SSSR count). The Bertz CT molecular complexity index is 421. The third kappa shape index (κ3) is 2.41. The summed E-state index contributed by atoms with van der Waals surface area (Å²) < 4.78 is 0. The van der Waals surface area contributed by atoms with Crippen molar-refractivity contribution < 1.29 is 14.7 Å². The van der Waals surface area contributed by atoms with Crippen LogP contribution >= 0.6 is 0 Å². The quantitative estimate of drug-likeness (QED) is 0.809. The Morgan fingerprint density at radius 3 is 2.88 bits per heavy atom. The molecular formula is C11H13N3O3. The van der Waals surface area contributed by atoms with Crippen LogP contribution in [0.4, 0.5) is 0 Å². The average Bonchev–Trinajstić information content (AvgIpc) is 2.39. The van der Waals surface area contributed by atoms with Gasteiger partial charge in [-0.15, -0.1) is 0 Å². The smallest absolute Gasteiger partial charge is 0.326 e. The number of aliphatic carboxylic acids is 1. The van der Waals surface area contributed by atoms with Crippen LogP contribution in [-0.4, -0.2) is 44.4 Å². The van der Waals surface area contributed by atoms with Gasteiger partial charge in [0.05, 0.1) is 0 Å². The van der Waals surface area contributed by atoms with Crippen molar-refractivity contribution in [3.05, 3.63) is 24.3 Å². The van der Waals surface area contributed by atoms with Crippen molar-refractivity contribution in [2.45, 2.75) is 25.3 Å². The van der Waals surface area contributed by atoms with Crippen molar-refractivity contribution in [1.82, 2.24) is 14.9 Å². The highest BCUT2D eigenvalue weighted by atomic mass is 16.4. The van der Waals surface area contributed by atoms with Gasteiger partial charge in [0, 0.05) is 12.7 Å². The lowest BCUT2D eigenvalue weighted by molar-refractivity contribution is -0.143. The minimum atomic E-state index is -0.952. The summed E-state index contributed by atoms with van der Waals surface area (Å²) in [5.74, 6) is -1.29. The van der Waals surface area contributed by atoms with E-state index in [0.717, 1.165) is 12.8 Å². The van der Waals surface area contributed by atoms with Crippen molar-refractivity contribution in [3.8, 4) is 0 Å². The van der Waals surface area contributed by atoms with E-state index in [0.29, 0.717) is 13.0 Å². The molecule has 0 bridgehead atoms. The highest BCUT2D eigenvalue weighted by Crippen LogP contribution is 2.19. The molecule has 1 atom stereocenters. The van der Waals surface area contributed by atoms with Gasteiger partial charge < -0.3 is 10.0 Å². The molecule has 6 nitrogen and oxygen atoms in total. The standard InChI is InChI=1S/C11H13N3O3/c15-10(8-4-5-12-7-13-8)14-6-2-1-3-9(14)11(16)17/h4-5,7,9H,1-3,6H2,(H,16,17). The van der Waals surface area contributed by atoms with Crippen molar-refractivity contribution >= 4 is 11.9 Å². The Hall–Kier alpha value is -1.98. The molecule has 1 aliphatic heterocycles. The number of aromatic nitrogens is 2. The first-order valence-electron chi connectivity index (χ1n) is 5.50. The maximum Gasteiger partial charge on any atom is 0.326 e. The number of rotatable bonds is 2. The van der Waals surface area contributed by atoms with Gasteiger partial charge in [0.15, 0.2) is 0 Å². The second-order valence-electron chi connectivity index (χ2n) is 3.94. The monoisotopic (exact) mass is 235 g/mol. The molecule has 1 amide bonds. The van der Waals surface area contributed by atoms with E-state index in [1.54, 1.807) is 0 Å². The van der Waals surface area contributed by atoms with Gasteiger partial charge in [-0.25, -0.2) is 14.8 Å². The van der Waals surface area contributed by atoms with E-state index >= 15 is 0 Å². The van der Waals surface area contributed by atoms with Crippen molar-refractivity contribution in [1.29, 1.82) is 0 Å². The Kier molecular flexibility index (Phi) is 3.32. The first-order chi connectivity index (χ1) is 8.20. The van der Waals surface area contributed by atoms with Gasteiger partial charge in [0.25, 0.3) is 5.91 Å².